The third kappa shape index (κ3) is 12.7. The van der Waals surface area contributed by atoms with Crippen molar-refractivity contribution in [1.29, 1.82) is 0 Å². The molecule has 0 radical (unpaired) electrons. The maximum atomic E-state index is 6.47. The molecule has 0 amide bonds. The highest BCUT2D eigenvalue weighted by molar-refractivity contribution is 6.16. The van der Waals surface area contributed by atoms with Crippen molar-refractivity contribution in [3.05, 3.63) is 485 Å². The van der Waals surface area contributed by atoms with Crippen molar-refractivity contribution < 1.29 is 8.83 Å². The molecule has 0 N–H and O–H groups in total. The summed E-state index contributed by atoms with van der Waals surface area (Å²) in [4.78, 5) is 4.72. The molecule has 0 unspecified atom stereocenters. The molecule has 6 heterocycles. The van der Waals surface area contributed by atoms with Gasteiger partial charge in [-0.2, -0.15) is 0 Å². The predicted molar refractivity (Wildman–Crippen MR) is 553 cm³/mol. The summed E-state index contributed by atoms with van der Waals surface area (Å²) in [7, 11) is 0. The van der Waals surface area contributed by atoms with Gasteiger partial charge in [0.2, 0.25) is 0 Å². The fourth-order valence-electron chi connectivity index (χ4n) is 20.6. The smallest absolute Gasteiger partial charge is 0.143 e. The zero-order valence-electron chi connectivity index (χ0n) is 71.7. The molecule has 8 heteroatoms. The van der Waals surface area contributed by atoms with E-state index in [4.69, 9.17) is 8.83 Å². The second-order valence-corrected chi connectivity index (χ2v) is 34.3. The average molecular weight is 1690 g/mol. The Labute approximate surface area is 760 Å². The zero-order chi connectivity index (χ0) is 86.9. The zero-order valence-corrected chi connectivity index (χ0v) is 71.7. The largest absolute Gasteiger partial charge is 0.456 e. The van der Waals surface area contributed by atoms with E-state index in [0.29, 0.717) is 0 Å². The predicted octanol–water partition coefficient (Wildman–Crippen LogP) is 34.3. The van der Waals surface area contributed by atoms with Gasteiger partial charge in [0.1, 0.15) is 22.3 Å². The fourth-order valence-corrected chi connectivity index (χ4v) is 20.6. The first-order valence-electron chi connectivity index (χ1n) is 45.1. The number of para-hydroxylation sites is 11. The van der Waals surface area contributed by atoms with Gasteiger partial charge in [-0.1, -0.05) is 279 Å². The topological polar surface area (TPSA) is 52.5 Å². The molecular formula is C124H80N6O2. The molecule has 0 aliphatic rings. The standard InChI is InChI=1S/C66H43N3O.C58H37N3O/c1-3-14-49(15-4-1)68-62-24-11-8-19-56(62)60-42-47(33-41-63(60)68)44-26-34-51(35-27-44)67(53-38-30-46(31-39-53)54-21-13-22-59-58-20-9-12-25-65(58)70-66(54)59)52-36-28-45(29-37-52)48-32-40-57-55-18-7-10-23-61(55)69(64(57)43-48)50-16-5-2-6-17-50;1-2-12-42(13-3-1)60-55-20-10-6-16-49(55)51-36-41(25-32-56(51)60)38-22-23-40-35-45(26-24-39(40)34-38)59(46-31-33-58-52(37-46)50-17-7-11-21-57(50)62-58)43-27-29-44(30-28-43)61-53-18-8-4-14-47(53)48-15-5-9-19-54(48)61/h1-43H;1-37H. The van der Waals surface area contributed by atoms with Crippen molar-refractivity contribution in [2.24, 2.45) is 0 Å². The van der Waals surface area contributed by atoms with E-state index in [1.165, 1.54) is 126 Å². The van der Waals surface area contributed by atoms with E-state index in [9.17, 15) is 0 Å². The van der Waals surface area contributed by atoms with Crippen LogP contribution in [0.3, 0.4) is 0 Å². The number of furan rings is 2. The maximum absolute atomic E-state index is 6.47. The van der Waals surface area contributed by atoms with E-state index in [-0.39, 0.29) is 0 Å². The van der Waals surface area contributed by atoms with Crippen molar-refractivity contribution in [2.75, 3.05) is 9.80 Å². The molecule has 27 rings (SSSR count). The Balaban J connectivity index is 0.000000139. The van der Waals surface area contributed by atoms with Crippen LogP contribution in [-0.4, -0.2) is 18.3 Å². The van der Waals surface area contributed by atoms with Crippen LogP contribution in [0.1, 0.15) is 0 Å². The van der Waals surface area contributed by atoms with Gasteiger partial charge in [-0.15, -0.1) is 0 Å². The Hall–Kier alpha value is -17.7. The first-order chi connectivity index (χ1) is 65.4. The summed E-state index contributed by atoms with van der Waals surface area (Å²) >= 11 is 0. The third-order valence-corrected chi connectivity index (χ3v) is 26.8. The first kappa shape index (κ1) is 75.6. The van der Waals surface area contributed by atoms with Gasteiger partial charge in [0.15, 0.2) is 0 Å². The molecule has 132 heavy (non-hydrogen) atoms. The Bertz CT molecular complexity index is 9140. The minimum atomic E-state index is 0.880. The van der Waals surface area contributed by atoms with E-state index < -0.39 is 0 Å². The SMILES string of the molecule is c1ccc(-n2c3ccccc3c3cc(-c4ccc(N(c5ccc(-c6ccc7c8ccccc8n(-c8ccccc8)c7c6)cc5)c5ccc(-c6cccc7c6oc6ccccc67)cc5)cc4)ccc32)cc1.c1ccc(-n2c3ccccc3c3cc(-c4ccc5cc(N(c6ccc(-n7c8ccccc8c8ccccc87)cc6)c6ccc7oc8ccccc8c7c6)ccc5c4)ccc32)cc1. The molecule has 0 fully saturated rings. The van der Waals surface area contributed by atoms with E-state index in [1.54, 1.807) is 0 Å². The number of aromatic nitrogens is 4. The Kier molecular flexibility index (Phi) is 17.8. The summed E-state index contributed by atoms with van der Waals surface area (Å²) < 4.78 is 22.2. The van der Waals surface area contributed by atoms with Gasteiger partial charge >= 0.3 is 0 Å². The maximum Gasteiger partial charge on any atom is 0.143 e. The molecule has 0 aliphatic heterocycles. The number of nitrogens with zero attached hydrogens (tertiary/aromatic N) is 6. The number of hydrogen-bond donors (Lipinski definition) is 0. The molecule has 0 saturated heterocycles. The van der Waals surface area contributed by atoms with Gasteiger partial charge in [-0.3, -0.25) is 0 Å². The number of anilines is 6. The summed E-state index contributed by atoms with van der Waals surface area (Å²) in [6, 6.07) is 175. The van der Waals surface area contributed by atoms with Gasteiger partial charge in [0, 0.05) is 127 Å². The van der Waals surface area contributed by atoms with Gasteiger partial charge in [-0.25, -0.2) is 0 Å². The highest BCUT2D eigenvalue weighted by Crippen LogP contribution is 2.47. The van der Waals surface area contributed by atoms with Crippen LogP contribution >= 0.6 is 0 Å². The molecule has 8 nitrogen and oxygen atoms in total. The molecule has 0 atom stereocenters. The Morgan fingerprint density at radius 2 is 0.462 bits per heavy atom. The molecule has 0 aliphatic carbocycles. The van der Waals surface area contributed by atoms with E-state index >= 15 is 0 Å². The lowest BCUT2D eigenvalue weighted by atomic mass is 9.99. The molecule has 6 aromatic heterocycles. The number of benzene rings is 21. The van der Waals surface area contributed by atoms with Crippen LogP contribution in [0.4, 0.5) is 34.1 Å². The monoisotopic (exact) mass is 1680 g/mol. The average Bonchev–Trinajstić information content (AvgIpc) is 1.58. The van der Waals surface area contributed by atoms with Gasteiger partial charge < -0.3 is 36.9 Å². The van der Waals surface area contributed by atoms with Crippen molar-refractivity contribution in [1.82, 2.24) is 18.3 Å². The van der Waals surface area contributed by atoms with Crippen LogP contribution < -0.4 is 9.80 Å². The van der Waals surface area contributed by atoms with Crippen molar-refractivity contribution in [3.63, 3.8) is 0 Å². The second-order valence-electron chi connectivity index (χ2n) is 34.3. The van der Waals surface area contributed by atoms with Crippen LogP contribution in [0.5, 0.6) is 0 Å². The lowest BCUT2D eigenvalue weighted by molar-refractivity contribution is 0.669. The molecule has 21 aromatic carbocycles. The van der Waals surface area contributed by atoms with Gasteiger partial charge in [0.25, 0.3) is 0 Å². The minimum Gasteiger partial charge on any atom is -0.456 e. The quantitative estimate of drug-likeness (QED) is 0.109. The van der Waals surface area contributed by atoms with Crippen LogP contribution in [0, 0.1) is 0 Å². The number of fused-ring (bicyclic) bond motifs is 19. The van der Waals surface area contributed by atoms with Gasteiger partial charge in [0.05, 0.1) is 44.1 Å². The summed E-state index contributed by atoms with van der Waals surface area (Å²) in [5.41, 5.74) is 33.4. The fraction of sp³-hybridized carbons (Fsp3) is 0. The first-order valence-corrected chi connectivity index (χ1v) is 45.1. The molecule has 0 spiro atoms. The van der Waals surface area contributed by atoms with E-state index in [0.717, 1.165) is 117 Å². The second kappa shape index (κ2) is 31.1. The van der Waals surface area contributed by atoms with E-state index in [1.807, 2.05) is 24.3 Å². The number of rotatable bonds is 14. The lowest BCUT2D eigenvalue weighted by Crippen LogP contribution is -2.10. The van der Waals surface area contributed by atoms with Crippen molar-refractivity contribution in [3.8, 4) is 67.3 Å². The summed E-state index contributed by atoms with van der Waals surface area (Å²) in [5.74, 6) is 0. The molecule has 618 valence electrons. The lowest BCUT2D eigenvalue weighted by Gasteiger charge is -2.26. The van der Waals surface area contributed by atoms with Crippen molar-refractivity contribution in [2.45, 2.75) is 0 Å². The Morgan fingerprint density at radius 3 is 0.977 bits per heavy atom. The number of hydrogen-bond acceptors (Lipinski definition) is 4. The molecule has 0 saturated carbocycles. The summed E-state index contributed by atoms with van der Waals surface area (Å²) in [6.07, 6.45) is 0. The van der Waals surface area contributed by atoms with Crippen LogP contribution in [-0.2, 0) is 0 Å². The van der Waals surface area contributed by atoms with Gasteiger partial charge in [-0.05, 0) is 256 Å². The highest BCUT2D eigenvalue weighted by Gasteiger charge is 2.24. The molecule has 27 aromatic rings. The van der Waals surface area contributed by atoms with Crippen LogP contribution in [0.25, 0.3) is 209 Å². The molecule has 0 bridgehead atoms. The Morgan fingerprint density at radius 1 is 0.152 bits per heavy atom. The van der Waals surface area contributed by atoms with E-state index in [2.05, 4.69) is 489 Å². The normalized spacial score (nSPS) is 11.8. The third-order valence-electron chi connectivity index (χ3n) is 26.8. The van der Waals surface area contributed by atoms with Crippen LogP contribution in [0.15, 0.2) is 494 Å². The summed E-state index contributed by atoms with van der Waals surface area (Å²) in [5, 5.41) is 16.8. The summed E-state index contributed by atoms with van der Waals surface area (Å²) in [6.45, 7) is 0. The van der Waals surface area contributed by atoms with Crippen molar-refractivity contribution >= 4 is 176 Å². The molecular weight excluding hydrogens is 1610 g/mol. The minimum absolute atomic E-state index is 0.880. The van der Waals surface area contributed by atoms with Crippen LogP contribution in [0.2, 0.25) is 0 Å². The highest BCUT2D eigenvalue weighted by atomic mass is 16.3.